The molecule has 1 saturated heterocycles. The number of anilines is 2. The van der Waals surface area contributed by atoms with Crippen molar-refractivity contribution in [1.82, 2.24) is 0 Å². The first kappa shape index (κ1) is 30.4. The fourth-order valence-corrected chi connectivity index (χ4v) is 7.74. The summed E-state index contributed by atoms with van der Waals surface area (Å²) in [6.07, 6.45) is 8.21. The van der Waals surface area contributed by atoms with E-state index in [4.69, 9.17) is 4.74 Å². The van der Waals surface area contributed by atoms with E-state index >= 15 is 4.79 Å². The summed E-state index contributed by atoms with van der Waals surface area (Å²) < 4.78 is 5.22. The Bertz CT molecular complexity index is 1910. The number of aryl methyl sites for hydroxylation is 1. The van der Waals surface area contributed by atoms with E-state index in [1.807, 2.05) is 89.8 Å². The minimum Gasteiger partial charge on any atom is -0.427 e. The molecule has 4 aromatic rings. The van der Waals surface area contributed by atoms with E-state index in [9.17, 15) is 14.4 Å². The van der Waals surface area contributed by atoms with Crippen molar-refractivity contribution in [2.24, 2.45) is 5.92 Å². The lowest BCUT2D eigenvalue weighted by Crippen LogP contribution is -2.51. The number of fused-ring (bicyclic) bond motifs is 6. The number of nitrogens with zero attached hydrogens (tertiary/aromatic N) is 1. The highest BCUT2D eigenvalue weighted by atomic mass is 16.5. The number of para-hydroxylation sites is 2. The summed E-state index contributed by atoms with van der Waals surface area (Å²) in [7, 11) is 0. The number of hydrogen-bond acceptors (Lipinski definition) is 6. The molecule has 3 aliphatic rings. The Kier molecular flexibility index (Phi) is 7.84. The molecule has 47 heavy (non-hydrogen) atoms. The van der Waals surface area contributed by atoms with E-state index in [1.165, 1.54) is 6.92 Å². The molecule has 7 heteroatoms. The molecule has 1 fully saturated rings. The first-order valence-corrected chi connectivity index (χ1v) is 16.3. The van der Waals surface area contributed by atoms with Crippen molar-refractivity contribution in [2.45, 2.75) is 57.0 Å². The Hall–Kier alpha value is -5.30. The Morgan fingerprint density at radius 3 is 2.26 bits per heavy atom. The average Bonchev–Trinajstić information content (AvgIpc) is 3.56. The first-order chi connectivity index (χ1) is 22.8. The molecule has 3 heterocycles. The maximum Gasteiger partial charge on any atom is 0.308 e. The van der Waals surface area contributed by atoms with Gasteiger partial charge in [0.25, 0.3) is 0 Å². The molecule has 0 unspecified atom stereocenters. The fourth-order valence-electron chi connectivity index (χ4n) is 7.74. The third kappa shape index (κ3) is 4.97. The maximum absolute atomic E-state index is 15.1. The highest BCUT2D eigenvalue weighted by molar-refractivity contribution is 6.18. The van der Waals surface area contributed by atoms with Gasteiger partial charge in [0, 0.05) is 29.4 Å². The first-order valence-electron chi connectivity index (χ1n) is 16.3. The van der Waals surface area contributed by atoms with Crippen LogP contribution in [0.2, 0.25) is 0 Å². The molecule has 0 radical (unpaired) electrons. The summed E-state index contributed by atoms with van der Waals surface area (Å²) in [5.74, 6) is -2.05. The summed E-state index contributed by atoms with van der Waals surface area (Å²) in [5, 5.41) is 3.07. The molecule has 0 saturated carbocycles. The molecule has 236 valence electrons. The standard InChI is InChI=1S/C40H36N2O5/c1-3-4-5-10-26-15-17-28(18-16-26)37(44)35-36(38(45)29-19-22-30(23-20-29)47-25(2)43)42-33-14-9-6-11-27(33)21-24-34(42)40(35)31-12-7-8-13-32(31)41-39(40)46/h6-9,11-24,34-36H,3-5,10H2,1-2H3,(H,41,46)/t34-,35-,36-,40+/m1/s1. The molecule has 4 aromatic carbocycles. The lowest BCUT2D eigenvalue weighted by atomic mass is 9.64. The number of ether oxygens (including phenoxy) is 1. The summed E-state index contributed by atoms with van der Waals surface area (Å²) in [6.45, 7) is 3.49. The van der Waals surface area contributed by atoms with Crippen LogP contribution >= 0.6 is 0 Å². The van der Waals surface area contributed by atoms with Gasteiger partial charge in [-0.1, -0.05) is 92.6 Å². The van der Waals surface area contributed by atoms with E-state index in [0.717, 1.165) is 42.5 Å². The highest BCUT2D eigenvalue weighted by Crippen LogP contribution is 2.58. The average molecular weight is 625 g/mol. The van der Waals surface area contributed by atoms with Crippen LogP contribution in [0.3, 0.4) is 0 Å². The summed E-state index contributed by atoms with van der Waals surface area (Å²) in [5.41, 5.74) is 3.62. The van der Waals surface area contributed by atoms with Crippen LogP contribution < -0.4 is 15.0 Å². The number of carbonyl (C=O) groups excluding carboxylic acids is 4. The van der Waals surface area contributed by atoms with Crippen molar-refractivity contribution in [1.29, 1.82) is 0 Å². The number of amides is 1. The predicted molar refractivity (Wildman–Crippen MR) is 182 cm³/mol. The molecular formula is C40H36N2O5. The number of benzene rings is 4. The van der Waals surface area contributed by atoms with Gasteiger partial charge in [0.15, 0.2) is 11.6 Å². The van der Waals surface area contributed by atoms with Gasteiger partial charge in [0.2, 0.25) is 5.91 Å². The van der Waals surface area contributed by atoms with E-state index in [1.54, 1.807) is 24.3 Å². The zero-order valence-corrected chi connectivity index (χ0v) is 26.4. The number of unbranched alkanes of at least 4 members (excludes halogenated alkanes) is 2. The number of nitrogens with one attached hydrogen (secondary N) is 1. The van der Waals surface area contributed by atoms with Crippen LogP contribution in [-0.2, 0) is 21.4 Å². The number of carbonyl (C=O) groups is 4. The molecule has 1 N–H and O–H groups in total. The lowest BCUT2D eigenvalue weighted by Gasteiger charge is -2.37. The summed E-state index contributed by atoms with van der Waals surface area (Å²) in [6, 6.07) is 27.6. The van der Waals surface area contributed by atoms with Crippen molar-refractivity contribution in [3.63, 3.8) is 0 Å². The number of rotatable bonds is 9. The number of esters is 1. The third-order valence-electron chi connectivity index (χ3n) is 9.80. The monoisotopic (exact) mass is 624 g/mol. The molecule has 4 atom stereocenters. The smallest absolute Gasteiger partial charge is 0.308 e. The second kappa shape index (κ2) is 12.1. The molecule has 7 rings (SSSR count). The minimum absolute atomic E-state index is 0.257. The van der Waals surface area contributed by atoms with Crippen LogP contribution in [0, 0.1) is 5.92 Å². The molecule has 7 nitrogen and oxygen atoms in total. The third-order valence-corrected chi connectivity index (χ3v) is 9.80. The van der Waals surface area contributed by atoms with Gasteiger partial charge in [-0.15, -0.1) is 0 Å². The van der Waals surface area contributed by atoms with Crippen molar-refractivity contribution >= 4 is 40.9 Å². The topological polar surface area (TPSA) is 92.8 Å². The Balaban J connectivity index is 1.41. The summed E-state index contributed by atoms with van der Waals surface area (Å²) >= 11 is 0. The van der Waals surface area contributed by atoms with E-state index < -0.39 is 29.4 Å². The van der Waals surface area contributed by atoms with Crippen molar-refractivity contribution < 1.29 is 23.9 Å². The van der Waals surface area contributed by atoms with E-state index in [-0.39, 0.29) is 17.5 Å². The van der Waals surface area contributed by atoms with Gasteiger partial charge in [0.05, 0.1) is 12.0 Å². The molecule has 0 aromatic heterocycles. The van der Waals surface area contributed by atoms with Crippen LogP contribution in [0.1, 0.15) is 70.5 Å². The van der Waals surface area contributed by atoms with Crippen molar-refractivity contribution in [3.05, 3.63) is 131 Å². The van der Waals surface area contributed by atoms with Gasteiger partial charge >= 0.3 is 5.97 Å². The van der Waals surface area contributed by atoms with Crippen LogP contribution in [0.5, 0.6) is 5.75 Å². The predicted octanol–water partition coefficient (Wildman–Crippen LogP) is 7.20. The van der Waals surface area contributed by atoms with Gasteiger partial charge in [-0.2, -0.15) is 0 Å². The van der Waals surface area contributed by atoms with E-state index in [2.05, 4.69) is 12.2 Å². The zero-order chi connectivity index (χ0) is 32.7. The maximum atomic E-state index is 15.1. The summed E-state index contributed by atoms with van der Waals surface area (Å²) in [4.78, 5) is 58.0. The Morgan fingerprint density at radius 2 is 1.51 bits per heavy atom. The van der Waals surface area contributed by atoms with Gasteiger partial charge in [0.1, 0.15) is 17.2 Å². The minimum atomic E-state index is -1.38. The zero-order valence-electron chi connectivity index (χ0n) is 26.4. The van der Waals surface area contributed by atoms with Crippen LogP contribution in [0.25, 0.3) is 6.08 Å². The second-order valence-corrected chi connectivity index (χ2v) is 12.6. The van der Waals surface area contributed by atoms with Crippen LogP contribution in [-0.4, -0.2) is 35.5 Å². The second-order valence-electron chi connectivity index (χ2n) is 12.6. The normalized spacial score (nSPS) is 22.0. The number of ketones is 2. The van der Waals surface area contributed by atoms with Gasteiger partial charge in [-0.05, 0) is 65.9 Å². The quantitative estimate of drug-likeness (QED) is 0.0917. The molecule has 1 spiro atoms. The lowest BCUT2D eigenvalue weighted by molar-refractivity contribution is -0.131. The number of Topliss-reactive ketones (excluding diaryl/α,β-unsaturated/α-hetero) is 2. The van der Waals surface area contributed by atoms with Gasteiger partial charge in [-0.25, -0.2) is 0 Å². The molecule has 1 amide bonds. The SMILES string of the molecule is CCCCCc1ccc(C(=O)[C@H]2[C@H](C(=O)c3ccc(OC(C)=O)cc3)N3c4ccccc4C=C[C@@H]3[C@]23C(=O)Nc2ccccc23)cc1. The van der Waals surface area contributed by atoms with E-state index in [0.29, 0.717) is 28.1 Å². The van der Waals surface area contributed by atoms with Gasteiger partial charge < -0.3 is 15.0 Å². The molecule has 0 bridgehead atoms. The van der Waals surface area contributed by atoms with Crippen molar-refractivity contribution in [2.75, 3.05) is 10.2 Å². The van der Waals surface area contributed by atoms with Gasteiger partial charge in [-0.3, -0.25) is 19.2 Å². The molecule has 0 aliphatic carbocycles. The van der Waals surface area contributed by atoms with Crippen LogP contribution in [0.4, 0.5) is 11.4 Å². The van der Waals surface area contributed by atoms with Crippen LogP contribution in [0.15, 0.2) is 103 Å². The molecule has 3 aliphatic heterocycles. The number of hydrogen-bond donors (Lipinski definition) is 1. The highest BCUT2D eigenvalue weighted by Gasteiger charge is 2.70. The molecular weight excluding hydrogens is 588 g/mol. The fraction of sp³-hybridized carbons (Fsp3) is 0.250. The van der Waals surface area contributed by atoms with Crippen molar-refractivity contribution in [3.8, 4) is 5.75 Å². The Labute approximate surface area is 274 Å². The largest absolute Gasteiger partial charge is 0.427 e. The Morgan fingerprint density at radius 1 is 0.830 bits per heavy atom.